The zero-order chi connectivity index (χ0) is 17.5. The quantitative estimate of drug-likeness (QED) is 0.687. The molecule has 0 fully saturated rings. The van der Waals surface area contributed by atoms with Crippen LogP contribution < -0.4 is 15.4 Å². The highest BCUT2D eigenvalue weighted by molar-refractivity contribution is 5.63. The summed E-state index contributed by atoms with van der Waals surface area (Å²) in [6.07, 6.45) is 3.52. The first-order chi connectivity index (χ1) is 12.3. The Balaban J connectivity index is 1.83. The molecular formula is C19H21N5O. The standard InChI is InChI=1S/C19H21N5O/c1-3-21-19-23-17(15-7-9-20-10-8-15)12-18(24-19)22-13-14-5-4-6-16(11-14)25-2/h4-12H,3,13H2,1-2H3,(H2,21,22,23,24). The Morgan fingerprint density at radius 3 is 2.60 bits per heavy atom. The largest absolute Gasteiger partial charge is 0.497 e. The number of hydrogen-bond acceptors (Lipinski definition) is 6. The fourth-order valence-electron chi connectivity index (χ4n) is 2.42. The molecule has 0 amide bonds. The van der Waals surface area contributed by atoms with Gasteiger partial charge in [-0.2, -0.15) is 4.98 Å². The van der Waals surface area contributed by atoms with Gasteiger partial charge >= 0.3 is 0 Å². The lowest BCUT2D eigenvalue weighted by Crippen LogP contribution is -2.07. The van der Waals surface area contributed by atoms with E-state index in [1.165, 1.54) is 0 Å². The average Bonchev–Trinajstić information content (AvgIpc) is 2.67. The van der Waals surface area contributed by atoms with Crippen LogP contribution in [0.3, 0.4) is 0 Å². The highest BCUT2D eigenvalue weighted by atomic mass is 16.5. The van der Waals surface area contributed by atoms with E-state index >= 15 is 0 Å². The van der Waals surface area contributed by atoms with Crippen LogP contribution in [0.5, 0.6) is 5.75 Å². The Morgan fingerprint density at radius 1 is 1.00 bits per heavy atom. The molecule has 0 aliphatic heterocycles. The number of nitrogens with zero attached hydrogens (tertiary/aromatic N) is 3. The lowest BCUT2D eigenvalue weighted by Gasteiger charge is -2.11. The SMILES string of the molecule is CCNc1nc(NCc2cccc(OC)c2)cc(-c2ccncc2)n1. The summed E-state index contributed by atoms with van der Waals surface area (Å²) in [5, 5.41) is 6.54. The fraction of sp³-hybridized carbons (Fsp3) is 0.211. The lowest BCUT2D eigenvalue weighted by molar-refractivity contribution is 0.414. The molecule has 6 nitrogen and oxygen atoms in total. The number of methoxy groups -OCH3 is 1. The number of benzene rings is 1. The van der Waals surface area contributed by atoms with E-state index in [0.717, 1.165) is 34.9 Å². The number of pyridine rings is 1. The Hall–Kier alpha value is -3.15. The first kappa shape index (κ1) is 16.7. The number of hydrogen-bond donors (Lipinski definition) is 2. The van der Waals surface area contributed by atoms with Gasteiger partial charge in [0.25, 0.3) is 0 Å². The van der Waals surface area contributed by atoms with Crippen LogP contribution in [-0.2, 0) is 6.54 Å². The second-order valence-corrected chi connectivity index (χ2v) is 5.43. The molecule has 2 heterocycles. The van der Waals surface area contributed by atoms with Crippen molar-refractivity contribution in [3.05, 3.63) is 60.4 Å². The molecule has 0 unspecified atom stereocenters. The molecule has 0 atom stereocenters. The summed E-state index contributed by atoms with van der Waals surface area (Å²) in [5.41, 5.74) is 2.97. The van der Waals surface area contributed by atoms with Crippen LogP contribution in [0.4, 0.5) is 11.8 Å². The molecule has 0 bridgehead atoms. The number of aromatic nitrogens is 3. The number of nitrogens with one attached hydrogen (secondary N) is 2. The van der Waals surface area contributed by atoms with Gasteiger partial charge in [0.1, 0.15) is 11.6 Å². The van der Waals surface area contributed by atoms with E-state index in [9.17, 15) is 0 Å². The molecule has 0 radical (unpaired) electrons. The zero-order valence-electron chi connectivity index (χ0n) is 14.4. The van der Waals surface area contributed by atoms with Gasteiger partial charge in [-0.15, -0.1) is 0 Å². The molecular weight excluding hydrogens is 314 g/mol. The molecule has 25 heavy (non-hydrogen) atoms. The summed E-state index contributed by atoms with van der Waals surface area (Å²) < 4.78 is 5.27. The first-order valence-corrected chi connectivity index (χ1v) is 8.18. The van der Waals surface area contributed by atoms with E-state index < -0.39 is 0 Å². The van der Waals surface area contributed by atoms with E-state index in [1.807, 2.05) is 49.4 Å². The molecule has 0 spiro atoms. The minimum absolute atomic E-state index is 0.602. The van der Waals surface area contributed by atoms with E-state index in [-0.39, 0.29) is 0 Å². The molecule has 6 heteroatoms. The van der Waals surface area contributed by atoms with Crippen LogP contribution in [0.25, 0.3) is 11.3 Å². The molecule has 0 saturated heterocycles. The van der Waals surface area contributed by atoms with Crippen molar-refractivity contribution in [2.45, 2.75) is 13.5 Å². The maximum absolute atomic E-state index is 5.27. The summed E-state index contributed by atoms with van der Waals surface area (Å²) >= 11 is 0. The van der Waals surface area contributed by atoms with E-state index in [4.69, 9.17) is 4.74 Å². The molecule has 0 aliphatic rings. The molecule has 0 aliphatic carbocycles. The number of anilines is 2. The summed E-state index contributed by atoms with van der Waals surface area (Å²) in [4.78, 5) is 13.1. The number of ether oxygens (including phenoxy) is 1. The Labute approximate surface area is 147 Å². The monoisotopic (exact) mass is 335 g/mol. The van der Waals surface area contributed by atoms with Gasteiger partial charge in [0, 0.05) is 37.1 Å². The zero-order valence-corrected chi connectivity index (χ0v) is 14.4. The summed E-state index contributed by atoms with van der Waals surface area (Å²) in [5.74, 6) is 2.21. The van der Waals surface area contributed by atoms with Crippen molar-refractivity contribution in [1.29, 1.82) is 0 Å². The van der Waals surface area contributed by atoms with Crippen molar-refractivity contribution in [1.82, 2.24) is 15.0 Å². The molecule has 2 N–H and O–H groups in total. The predicted molar refractivity (Wildman–Crippen MR) is 99.7 cm³/mol. The predicted octanol–water partition coefficient (Wildman–Crippen LogP) is 3.59. The smallest absolute Gasteiger partial charge is 0.225 e. The van der Waals surface area contributed by atoms with Crippen LogP contribution in [0.15, 0.2) is 54.9 Å². The average molecular weight is 335 g/mol. The maximum atomic E-state index is 5.27. The second kappa shape index (κ2) is 8.10. The summed E-state index contributed by atoms with van der Waals surface area (Å²) in [6, 6.07) is 13.8. The van der Waals surface area contributed by atoms with Crippen LogP contribution >= 0.6 is 0 Å². The molecule has 1 aromatic carbocycles. The minimum atomic E-state index is 0.602. The van der Waals surface area contributed by atoms with Gasteiger partial charge in [-0.3, -0.25) is 4.98 Å². The van der Waals surface area contributed by atoms with Gasteiger partial charge in [0.2, 0.25) is 5.95 Å². The molecule has 128 valence electrons. The van der Waals surface area contributed by atoms with Gasteiger partial charge in [-0.1, -0.05) is 12.1 Å². The molecule has 3 aromatic rings. The maximum Gasteiger partial charge on any atom is 0.225 e. The molecule has 0 saturated carbocycles. The van der Waals surface area contributed by atoms with Gasteiger partial charge in [0.05, 0.1) is 12.8 Å². The van der Waals surface area contributed by atoms with Crippen LogP contribution in [0.2, 0.25) is 0 Å². The van der Waals surface area contributed by atoms with E-state index in [1.54, 1.807) is 19.5 Å². The second-order valence-electron chi connectivity index (χ2n) is 5.43. The highest BCUT2D eigenvalue weighted by Gasteiger charge is 2.07. The third-order valence-corrected chi connectivity index (χ3v) is 3.64. The van der Waals surface area contributed by atoms with Gasteiger partial charge < -0.3 is 15.4 Å². The Bertz CT molecular complexity index is 823. The van der Waals surface area contributed by atoms with Crippen LogP contribution in [0.1, 0.15) is 12.5 Å². The topological polar surface area (TPSA) is 72.0 Å². The van der Waals surface area contributed by atoms with Crippen molar-refractivity contribution in [3.63, 3.8) is 0 Å². The summed E-state index contributed by atoms with van der Waals surface area (Å²) in [6.45, 7) is 3.43. The summed E-state index contributed by atoms with van der Waals surface area (Å²) in [7, 11) is 1.67. The van der Waals surface area contributed by atoms with Crippen molar-refractivity contribution < 1.29 is 4.74 Å². The lowest BCUT2D eigenvalue weighted by atomic mass is 10.2. The van der Waals surface area contributed by atoms with Crippen molar-refractivity contribution in [2.75, 3.05) is 24.3 Å². The molecule has 2 aromatic heterocycles. The minimum Gasteiger partial charge on any atom is -0.497 e. The van der Waals surface area contributed by atoms with Crippen LogP contribution in [-0.4, -0.2) is 28.6 Å². The van der Waals surface area contributed by atoms with Crippen molar-refractivity contribution in [2.24, 2.45) is 0 Å². The van der Waals surface area contributed by atoms with E-state index in [2.05, 4.69) is 25.6 Å². The Kier molecular flexibility index (Phi) is 5.41. The fourth-order valence-corrected chi connectivity index (χ4v) is 2.42. The van der Waals surface area contributed by atoms with Gasteiger partial charge in [0.15, 0.2) is 0 Å². The highest BCUT2D eigenvalue weighted by Crippen LogP contribution is 2.21. The molecule has 3 rings (SSSR count). The third-order valence-electron chi connectivity index (χ3n) is 3.64. The normalized spacial score (nSPS) is 10.3. The van der Waals surface area contributed by atoms with Crippen molar-refractivity contribution >= 4 is 11.8 Å². The van der Waals surface area contributed by atoms with Gasteiger partial charge in [-0.05, 0) is 36.8 Å². The Morgan fingerprint density at radius 2 is 1.84 bits per heavy atom. The number of rotatable bonds is 7. The van der Waals surface area contributed by atoms with Crippen LogP contribution in [0, 0.1) is 0 Å². The first-order valence-electron chi connectivity index (χ1n) is 8.18. The van der Waals surface area contributed by atoms with Gasteiger partial charge in [-0.25, -0.2) is 4.98 Å². The van der Waals surface area contributed by atoms with Crippen molar-refractivity contribution in [3.8, 4) is 17.0 Å². The third kappa shape index (κ3) is 4.44. The van der Waals surface area contributed by atoms with E-state index in [0.29, 0.717) is 12.5 Å².